The summed E-state index contributed by atoms with van der Waals surface area (Å²) in [6.07, 6.45) is 2.33. The number of amides is 1. The van der Waals surface area contributed by atoms with Gasteiger partial charge in [-0.2, -0.15) is 0 Å². The molecule has 0 bridgehead atoms. The van der Waals surface area contributed by atoms with E-state index in [2.05, 4.69) is 0 Å². The third kappa shape index (κ3) is 2.44. The van der Waals surface area contributed by atoms with Crippen LogP contribution in [0.1, 0.15) is 26.7 Å². The molecule has 1 fully saturated rings. The zero-order valence-corrected chi connectivity index (χ0v) is 8.75. The van der Waals surface area contributed by atoms with Crippen LogP contribution in [-0.2, 0) is 9.53 Å². The van der Waals surface area contributed by atoms with E-state index in [1.54, 1.807) is 7.11 Å². The molecular weight excluding hydrogens is 166 g/mol. The summed E-state index contributed by atoms with van der Waals surface area (Å²) in [7, 11) is 1.65. The van der Waals surface area contributed by atoms with Gasteiger partial charge >= 0.3 is 0 Å². The Labute approximate surface area is 80.1 Å². The Morgan fingerprint density at radius 2 is 1.85 bits per heavy atom. The molecule has 1 amide bonds. The molecule has 3 nitrogen and oxygen atoms in total. The maximum Gasteiger partial charge on any atom is 0.228 e. The molecule has 0 aromatic rings. The topological polar surface area (TPSA) is 29.5 Å². The van der Waals surface area contributed by atoms with Gasteiger partial charge in [-0.05, 0) is 19.8 Å². The predicted octanol–water partition coefficient (Wildman–Crippen LogP) is 1.28. The first-order chi connectivity index (χ1) is 6.16. The van der Waals surface area contributed by atoms with Gasteiger partial charge in [0.05, 0.1) is 12.0 Å². The Morgan fingerprint density at radius 1 is 1.31 bits per heavy atom. The molecule has 13 heavy (non-hydrogen) atoms. The van der Waals surface area contributed by atoms with Crippen molar-refractivity contribution in [2.75, 3.05) is 20.2 Å². The summed E-state index contributed by atoms with van der Waals surface area (Å²) in [4.78, 5) is 13.7. The molecule has 1 aliphatic rings. The lowest BCUT2D eigenvalue weighted by Gasteiger charge is -2.23. The van der Waals surface area contributed by atoms with Crippen molar-refractivity contribution in [3.05, 3.63) is 0 Å². The second-order valence-corrected chi connectivity index (χ2v) is 3.76. The Kier molecular flexibility index (Phi) is 3.72. The summed E-state index contributed by atoms with van der Waals surface area (Å²) in [5, 5.41) is 0. The largest absolute Gasteiger partial charge is 0.381 e. The van der Waals surface area contributed by atoms with E-state index >= 15 is 0 Å². The molecule has 1 heterocycles. The van der Waals surface area contributed by atoms with Gasteiger partial charge in [0, 0.05) is 20.2 Å². The number of carbonyl (C=O) groups is 1. The van der Waals surface area contributed by atoms with Gasteiger partial charge in [0.2, 0.25) is 5.91 Å². The first-order valence-electron chi connectivity index (χ1n) is 4.98. The van der Waals surface area contributed by atoms with Crippen LogP contribution in [0.15, 0.2) is 0 Å². The minimum atomic E-state index is -0.0110. The average molecular weight is 185 g/mol. The minimum absolute atomic E-state index is 0.0110. The standard InChI is InChI=1S/C10H19NO2/c1-8(9(2)13-3)10(12)11-6-4-5-7-11/h8-9H,4-7H2,1-3H3/t8-,9+/m0/s1. The third-order valence-electron chi connectivity index (χ3n) is 2.88. The summed E-state index contributed by atoms with van der Waals surface area (Å²) in [5.74, 6) is 0.231. The van der Waals surface area contributed by atoms with Gasteiger partial charge < -0.3 is 9.64 Å². The highest BCUT2D eigenvalue weighted by molar-refractivity contribution is 5.79. The molecule has 0 N–H and O–H groups in total. The van der Waals surface area contributed by atoms with Gasteiger partial charge in [-0.25, -0.2) is 0 Å². The van der Waals surface area contributed by atoms with Gasteiger partial charge in [0.25, 0.3) is 0 Å². The number of methoxy groups -OCH3 is 1. The summed E-state index contributed by atoms with van der Waals surface area (Å²) in [6.45, 7) is 5.74. The number of nitrogens with zero attached hydrogens (tertiary/aromatic N) is 1. The van der Waals surface area contributed by atoms with Crippen LogP contribution >= 0.6 is 0 Å². The fourth-order valence-electron chi connectivity index (χ4n) is 1.63. The zero-order valence-electron chi connectivity index (χ0n) is 8.75. The van der Waals surface area contributed by atoms with Gasteiger partial charge in [-0.1, -0.05) is 6.92 Å². The quantitative estimate of drug-likeness (QED) is 0.663. The molecule has 2 atom stereocenters. The van der Waals surface area contributed by atoms with E-state index in [9.17, 15) is 4.79 Å². The monoisotopic (exact) mass is 185 g/mol. The molecule has 3 heteroatoms. The predicted molar refractivity (Wildman–Crippen MR) is 51.4 cm³/mol. The molecule has 0 aliphatic carbocycles. The lowest BCUT2D eigenvalue weighted by atomic mass is 10.1. The SMILES string of the molecule is CO[C@H](C)[C@H](C)C(=O)N1CCCC1. The second-order valence-electron chi connectivity index (χ2n) is 3.76. The molecule has 76 valence electrons. The molecule has 1 saturated heterocycles. The highest BCUT2D eigenvalue weighted by Crippen LogP contribution is 2.15. The van der Waals surface area contributed by atoms with Gasteiger partial charge in [0.15, 0.2) is 0 Å². The molecule has 0 aromatic carbocycles. The van der Waals surface area contributed by atoms with E-state index < -0.39 is 0 Å². The maximum absolute atomic E-state index is 11.8. The number of hydrogen-bond acceptors (Lipinski definition) is 2. The second kappa shape index (κ2) is 4.61. The van der Waals surface area contributed by atoms with Crippen molar-refractivity contribution in [3.63, 3.8) is 0 Å². The van der Waals surface area contributed by atoms with E-state index in [4.69, 9.17) is 4.74 Å². The first-order valence-corrected chi connectivity index (χ1v) is 4.98. The van der Waals surface area contributed by atoms with E-state index in [0.717, 1.165) is 25.9 Å². The van der Waals surface area contributed by atoms with Crippen LogP contribution < -0.4 is 0 Å². The van der Waals surface area contributed by atoms with Gasteiger partial charge in [-0.3, -0.25) is 4.79 Å². The molecular formula is C10H19NO2. The van der Waals surface area contributed by atoms with Gasteiger partial charge in [-0.15, -0.1) is 0 Å². The number of rotatable bonds is 3. The van der Waals surface area contributed by atoms with Crippen molar-refractivity contribution in [1.29, 1.82) is 0 Å². The van der Waals surface area contributed by atoms with E-state index in [1.165, 1.54) is 0 Å². The van der Waals surface area contributed by atoms with Gasteiger partial charge in [0.1, 0.15) is 0 Å². The van der Waals surface area contributed by atoms with Crippen LogP contribution in [0.2, 0.25) is 0 Å². The number of likely N-dealkylation sites (tertiary alicyclic amines) is 1. The first kappa shape index (κ1) is 10.5. The Bertz CT molecular complexity index is 176. The lowest BCUT2D eigenvalue weighted by molar-refractivity contribution is -0.137. The van der Waals surface area contributed by atoms with Crippen molar-refractivity contribution in [2.45, 2.75) is 32.8 Å². The molecule has 0 radical (unpaired) electrons. The minimum Gasteiger partial charge on any atom is -0.381 e. The van der Waals surface area contributed by atoms with Crippen molar-refractivity contribution in [3.8, 4) is 0 Å². The average Bonchev–Trinajstić information content (AvgIpc) is 2.67. The highest BCUT2D eigenvalue weighted by atomic mass is 16.5. The van der Waals surface area contributed by atoms with Crippen molar-refractivity contribution in [2.24, 2.45) is 5.92 Å². The molecule has 1 rings (SSSR count). The molecule has 0 aromatic heterocycles. The Morgan fingerprint density at radius 3 is 2.31 bits per heavy atom. The molecule has 0 unspecified atom stereocenters. The highest BCUT2D eigenvalue weighted by Gasteiger charge is 2.26. The number of carbonyl (C=O) groups excluding carboxylic acids is 1. The fraction of sp³-hybridized carbons (Fsp3) is 0.900. The van der Waals surface area contributed by atoms with Crippen LogP contribution in [0.4, 0.5) is 0 Å². The molecule has 0 saturated carbocycles. The lowest BCUT2D eigenvalue weighted by Crippen LogP contribution is -2.37. The van der Waals surface area contributed by atoms with Crippen molar-refractivity contribution < 1.29 is 9.53 Å². The number of hydrogen-bond donors (Lipinski definition) is 0. The van der Waals surface area contributed by atoms with E-state index in [0.29, 0.717) is 0 Å². The van der Waals surface area contributed by atoms with Crippen molar-refractivity contribution in [1.82, 2.24) is 4.90 Å². The normalized spacial score (nSPS) is 21.6. The molecule has 0 spiro atoms. The van der Waals surface area contributed by atoms with Crippen LogP contribution in [0, 0.1) is 5.92 Å². The van der Waals surface area contributed by atoms with Crippen LogP contribution in [0.5, 0.6) is 0 Å². The smallest absolute Gasteiger partial charge is 0.228 e. The Balaban J connectivity index is 2.45. The summed E-state index contributed by atoms with van der Waals surface area (Å²) < 4.78 is 5.15. The molecule has 1 aliphatic heterocycles. The summed E-state index contributed by atoms with van der Waals surface area (Å²) in [5.41, 5.74) is 0. The summed E-state index contributed by atoms with van der Waals surface area (Å²) in [6, 6.07) is 0. The number of ether oxygens (including phenoxy) is 1. The van der Waals surface area contributed by atoms with Crippen molar-refractivity contribution >= 4 is 5.91 Å². The van der Waals surface area contributed by atoms with Crippen LogP contribution in [0.3, 0.4) is 0 Å². The maximum atomic E-state index is 11.8. The van der Waals surface area contributed by atoms with E-state index in [1.807, 2.05) is 18.7 Å². The van der Waals surface area contributed by atoms with E-state index in [-0.39, 0.29) is 17.9 Å². The Hall–Kier alpha value is -0.570. The zero-order chi connectivity index (χ0) is 9.84. The summed E-state index contributed by atoms with van der Waals surface area (Å²) >= 11 is 0. The third-order valence-corrected chi connectivity index (χ3v) is 2.88. The fourth-order valence-corrected chi connectivity index (χ4v) is 1.63. The van der Waals surface area contributed by atoms with Crippen LogP contribution in [-0.4, -0.2) is 37.1 Å². The van der Waals surface area contributed by atoms with Crippen LogP contribution in [0.25, 0.3) is 0 Å².